The van der Waals surface area contributed by atoms with Crippen molar-refractivity contribution in [3.05, 3.63) is 34.2 Å². The van der Waals surface area contributed by atoms with Crippen molar-refractivity contribution in [1.29, 1.82) is 0 Å². The van der Waals surface area contributed by atoms with Crippen LogP contribution in [0.2, 0.25) is 15.7 Å². The molecular weight excluding hydrogens is 431 g/mol. The maximum atomic E-state index is 4.68. The molecule has 0 amide bonds. The number of rotatable bonds is 9. The normalized spacial score (nSPS) is 10.8. The standard InChI is InChI=1S/C21H33BN6.3CH3.Ti/c1-7-13-19(14(8-2)24-23-13)22(20-15(9-3)25-26-16(20)10-4)21-17(11-5)27-28-18(21)12-6;;;;/h7-12H2,1-6H3,(H,23,24)(H,25,26)(H,27,28);3*1H3;. The first-order valence-electron chi connectivity index (χ1n) is 12.3. The third-order valence-corrected chi connectivity index (χ3v) is 5.82. The molecule has 0 saturated carbocycles. The molecule has 0 atom stereocenters. The minimum absolute atomic E-state index is 0.107. The fourth-order valence-corrected chi connectivity index (χ4v) is 4.36. The second kappa shape index (κ2) is 12.6. The number of nitrogens with zero attached hydrogens (tertiary/aromatic N) is 3. The van der Waals surface area contributed by atoms with E-state index in [0.717, 1.165) is 55.6 Å². The van der Waals surface area contributed by atoms with Gasteiger partial charge in [-0.25, -0.2) is 0 Å². The van der Waals surface area contributed by atoms with Crippen LogP contribution < -0.4 is 16.4 Å². The van der Waals surface area contributed by atoms with Crippen LogP contribution in [0.15, 0.2) is 0 Å². The zero-order valence-corrected chi connectivity index (χ0v) is 23.2. The molecule has 0 aliphatic carbocycles. The molecule has 0 saturated heterocycles. The van der Waals surface area contributed by atoms with Crippen molar-refractivity contribution in [2.24, 2.45) is 0 Å². The monoisotopic (exact) mass is 473 g/mol. The molecule has 8 heteroatoms. The van der Waals surface area contributed by atoms with Gasteiger partial charge in [-0.3, -0.25) is 15.3 Å². The van der Waals surface area contributed by atoms with Gasteiger partial charge < -0.3 is 0 Å². The number of H-pyrrole nitrogens is 3. The predicted molar refractivity (Wildman–Crippen MR) is 134 cm³/mol. The van der Waals surface area contributed by atoms with Crippen LogP contribution in [0.3, 0.4) is 0 Å². The third-order valence-electron chi connectivity index (χ3n) is 5.82. The molecule has 6 nitrogen and oxygen atoms in total. The summed E-state index contributed by atoms with van der Waals surface area (Å²) in [6.45, 7) is 13.2. The molecule has 0 unspecified atom stereocenters. The molecule has 3 heterocycles. The fourth-order valence-electron chi connectivity index (χ4n) is 4.36. The Bertz CT molecular complexity index is 785. The summed E-state index contributed by atoms with van der Waals surface area (Å²) in [6.07, 6.45) is 5.51. The van der Waals surface area contributed by atoms with E-state index in [1.165, 1.54) is 33.5 Å². The van der Waals surface area contributed by atoms with Crippen LogP contribution in [0.4, 0.5) is 0 Å². The summed E-state index contributed by atoms with van der Waals surface area (Å²) in [5.74, 6) is 0. The van der Waals surface area contributed by atoms with Crippen molar-refractivity contribution >= 4 is 23.1 Å². The Kier molecular flexibility index (Phi) is 10.5. The van der Waals surface area contributed by atoms with E-state index >= 15 is 0 Å². The molecule has 175 valence electrons. The Morgan fingerprint density at radius 2 is 0.781 bits per heavy atom. The van der Waals surface area contributed by atoms with Gasteiger partial charge in [0.15, 0.2) is 0 Å². The molecule has 0 bridgehead atoms. The summed E-state index contributed by atoms with van der Waals surface area (Å²) in [7, 11) is 0. The van der Waals surface area contributed by atoms with E-state index in [4.69, 9.17) is 0 Å². The SMILES string of the molecule is CCc1n[nH]c(CC)c1B(c1c(CC)n[nH]c1CC)c1c(CC)n[nH]c1CC.[CH3][Ti]([CH3])[CH3]. The van der Waals surface area contributed by atoms with E-state index in [1.54, 1.807) is 0 Å². The summed E-state index contributed by atoms with van der Waals surface area (Å²) < 4.78 is 0. The Morgan fingerprint density at radius 1 is 0.531 bits per heavy atom. The molecule has 3 aromatic rings. The van der Waals surface area contributed by atoms with Gasteiger partial charge in [-0.15, -0.1) is 0 Å². The zero-order chi connectivity index (χ0) is 23.8. The van der Waals surface area contributed by atoms with Crippen LogP contribution in [0.1, 0.15) is 75.7 Å². The summed E-state index contributed by atoms with van der Waals surface area (Å²) in [4.78, 5) is 0. The van der Waals surface area contributed by atoms with Crippen LogP contribution in [0.25, 0.3) is 0 Å². The van der Waals surface area contributed by atoms with Gasteiger partial charge in [0.1, 0.15) is 0 Å². The van der Waals surface area contributed by atoms with E-state index < -0.39 is 0 Å². The number of nitrogens with one attached hydrogen (secondary N) is 3. The molecule has 0 fully saturated rings. The molecular formula is C24H42BN6Ti. The zero-order valence-electron chi connectivity index (χ0n) is 21.7. The van der Waals surface area contributed by atoms with Gasteiger partial charge in [0, 0.05) is 17.1 Å². The topological polar surface area (TPSA) is 86.0 Å². The first-order valence-corrected chi connectivity index (χ1v) is 17.0. The summed E-state index contributed by atoms with van der Waals surface area (Å²) in [5.41, 5.74) is 11.1. The Hall–Kier alpha value is -1.59. The van der Waals surface area contributed by atoms with Gasteiger partial charge in [0.2, 0.25) is 0 Å². The number of aromatic amines is 3. The van der Waals surface area contributed by atoms with E-state index in [1.807, 2.05) is 0 Å². The quantitative estimate of drug-likeness (QED) is 0.416. The number of hydrogen-bond acceptors (Lipinski definition) is 3. The number of aromatic nitrogens is 6. The van der Waals surface area contributed by atoms with Crippen molar-refractivity contribution in [3.63, 3.8) is 0 Å². The average Bonchev–Trinajstić information content (AvgIpc) is 3.50. The molecule has 3 aromatic heterocycles. The van der Waals surface area contributed by atoms with E-state index in [0.29, 0.717) is 0 Å². The van der Waals surface area contributed by atoms with Gasteiger partial charge in [0.05, 0.1) is 17.1 Å². The molecule has 3 rings (SSSR count). The summed E-state index contributed by atoms with van der Waals surface area (Å²) in [6, 6.07) is 0. The van der Waals surface area contributed by atoms with Crippen molar-refractivity contribution in [3.8, 4) is 0 Å². The maximum absolute atomic E-state index is 4.68. The third kappa shape index (κ3) is 5.66. The number of hydrogen-bond donors (Lipinski definition) is 3. The van der Waals surface area contributed by atoms with Crippen LogP contribution in [0.5, 0.6) is 0 Å². The fraction of sp³-hybridized carbons (Fsp3) is 0.625. The average molecular weight is 473 g/mol. The van der Waals surface area contributed by atoms with Crippen molar-refractivity contribution in [2.75, 3.05) is 0 Å². The van der Waals surface area contributed by atoms with Gasteiger partial charge >= 0.3 is 33.6 Å². The Balaban J connectivity index is 0.000000837. The number of aryl methyl sites for hydroxylation is 6. The van der Waals surface area contributed by atoms with E-state index in [9.17, 15) is 0 Å². The van der Waals surface area contributed by atoms with Crippen LogP contribution in [-0.2, 0) is 56.4 Å². The molecule has 0 spiro atoms. The van der Waals surface area contributed by atoms with Gasteiger partial charge in [0.25, 0.3) is 6.71 Å². The second-order valence-corrected chi connectivity index (χ2v) is 13.4. The molecule has 0 aromatic carbocycles. The summed E-state index contributed by atoms with van der Waals surface area (Å²) >= 11 is -0.333. The molecule has 0 radical (unpaired) electrons. The second-order valence-electron chi connectivity index (χ2n) is 8.74. The van der Waals surface area contributed by atoms with Crippen LogP contribution in [0, 0.1) is 0 Å². The van der Waals surface area contributed by atoms with Crippen molar-refractivity contribution < 1.29 is 17.9 Å². The molecule has 3 N–H and O–H groups in total. The molecule has 32 heavy (non-hydrogen) atoms. The molecule has 0 aliphatic rings. The van der Waals surface area contributed by atoms with E-state index in [-0.39, 0.29) is 24.6 Å². The Morgan fingerprint density at radius 3 is 0.969 bits per heavy atom. The first kappa shape index (κ1) is 26.7. The van der Waals surface area contributed by atoms with Gasteiger partial charge in [-0.05, 0) is 54.9 Å². The minimum atomic E-state index is -0.333. The summed E-state index contributed by atoms with van der Waals surface area (Å²) in [5, 5.41) is 31.0. The van der Waals surface area contributed by atoms with Crippen LogP contribution >= 0.6 is 0 Å². The van der Waals surface area contributed by atoms with Crippen molar-refractivity contribution in [1.82, 2.24) is 30.6 Å². The van der Waals surface area contributed by atoms with E-state index in [2.05, 4.69) is 87.8 Å². The molecule has 0 aliphatic heterocycles. The van der Waals surface area contributed by atoms with Crippen LogP contribution in [-0.4, -0.2) is 37.3 Å². The van der Waals surface area contributed by atoms with Gasteiger partial charge in [-0.2, -0.15) is 15.3 Å². The van der Waals surface area contributed by atoms with Gasteiger partial charge in [-0.1, -0.05) is 41.5 Å². The predicted octanol–water partition coefficient (Wildman–Crippen LogP) is 3.50. The Labute approximate surface area is 201 Å². The van der Waals surface area contributed by atoms with Crippen molar-refractivity contribution in [2.45, 2.75) is 95.8 Å². The first-order chi connectivity index (χ1) is 15.4.